The summed E-state index contributed by atoms with van der Waals surface area (Å²) in [6.45, 7) is 5.49. The fraction of sp³-hybridized carbons (Fsp3) is 0.500. The third-order valence-electron chi connectivity index (χ3n) is 3.48. The van der Waals surface area contributed by atoms with Crippen LogP contribution in [0.25, 0.3) is 0 Å². The average molecular weight is 232 g/mol. The van der Waals surface area contributed by atoms with E-state index in [4.69, 9.17) is 5.73 Å². The molecule has 1 heterocycles. The molecule has 1 atom stereocenters. The molecule has 0 radical (unpaired) electrons. The first kappa shape index (κ1) is 12.1. The number of nitrogens with zero attached hydrogens (tertiary/aromatic N) is 1. The van der Waals surface area contributed by atoms with E-state index in [9.17, 15) is 4.79 Å². The molecule has 2 rings (SSSR count). The Bertz CT molecular complexity index is 428. The Balaban J connectivity index is 2.19. The van der Waals surface area contributed by atoms with E-state index in [1.54, 1.807) is 0 Å². The van der Waals surface area contributed by atoms with Crippen LogP contribution in [0, 0.1) is 0 Å². The highest BCUT2D eigenvalue weighted by Crippen LogP contribution is 2.26. The van der Waals surface area contributed by atoms with Crippen molar-refractivity contribution in [3.05, 3.63) is 34.9 Å². The molecular formula is C14H20N2O. The molecule has 0 saturated heterocycles. The molecule has 17 heavy (non-hydrogen) atoms. The second-order valence-corrected chi connectivity index (χ2v) is 4.65. The molecule has 0 aromatic heterocycles. The molecule has 92 valence electrons. The van der Waals surface area contributed by atoms with Crippen LogP contribution in [-0.4, -0.2) is 10.8 Å². The van der Waals surface area contributed by atoms with Crippen molar-refractivity contribution in [1.82, 2.24) is 4.90 Å². The van der Waals surface area contributed by atoms with Gasteiger partial charge in [0.2, 0.25) is 5.91 Å². The van der Waals surface area contributed by atoms with Crippen LogP contribution in [0.15, 0.2) is 18.2 Å². The first-order chi connectivity index (χ1) is 8.15. The normalized spacial score (nSPS) is 15.8. The SMILES string of the molecule is CCC(=O)N1Cc2ccc(C(N)CC)cc2C1. The van der Waals surface area contributed by atoms with Crippen molar-refractivity contribution in [2.45, 2.75) is 45.8 Å². The molecule has 0 bridgehead atoms. The number of benzene rings is 1. The van der Waals surface area contributed by atoms with Crippen molar-refractivity contribution in [1.29, 1.82) is 0 Å². The Morgan fingerprint density at radius 2 is 2.06 bits per heavy atom. The van der Waals surface area contributed by atoms with Crippen molar-refractivity contribution >= 4 is 5.91 Å². The molecule has 1 aromatic rings. The summed E-state index contributed by atoms with van der Waals surface area (Å²) in [5.41, 5.74) is 9.73. The summed E-state index contributed by atoms with van der Waals surface area (Å²) in [6.07, 6.45) is 1.52. The summed E-state index contributed by atoms with van der Waals surface area (Å²) in [4.78, 5) is 13.6. The second kappa shape index (κ2) is 4.88. The van der Waals surface area contributed by atoms with E-state index in [2.05, 4.69) is 25.1 Å². The minimum Gasteiger partial charge on any atom is -0.334 e. The zero-order valence-corrected chi connectivity index (χ0v) is 10.6. The molecule has 1 aromatic carbocycles. The first-order valence-corrected chi connectivity index (χ1v) is 6.30. The highest BCUT2D eigenvalue weighted by Gasteiger charge is 2.22. The van der Waals surface area contributed by atoms with Crippen molar-refractivity contribution in [3.8, 4) is 0 Å². The lowest BCUT2D eigenvalue weighted by molar-refractivity contribution is -0.131. The molecule has 0 aliphatic carbocycles. The van der Waals surface area contributed by atoms with Gasteiger partial charge in [0, 0.05) is 25.6 Å². The number of amides is 1. The van der Waals surface area contributed by atoms with Crippen molar-refractivity contribution in [3.63, 3.8) is 0 Å². The number of rotatable bonds is 3. The van der Waals surface area contributed by atoms with Gasteiger partial charge in [-0.3, -0.25) is 4.79 Å². The van der Waals surface area contributed by atoms with Crippen LogP contribution >= 0.6 is 0 Å². The van der Waals surface area contributed by atoms with E-state index in [0.29, 0.717) is 6.42 Å². The van der Waals surface area contributed by atoms with Crippen molar-refractivity contribution in [2.24, 2.45) is 5.73 Å². The summed E-state index contributed by atoms with van der Waals surface area (Å²) < 4.78 is 0. The monoisotopic (exact) mass is 232 g/mol. The zero-order chi connectivity index (χ0) is 12.4. The van der Waals surface area contributed by atoms with Crippen LogP contribution in [0.4, 0.5) is 0 Å². The van der Waals surface area contributed by atoms with E-state index in [0.717, 1.165) is 19.5 Å². The lowest BCUT2D eigenvalue weighted by Gasteiger charge is -2.13. The van der Waals surface area contributed by atoms with E-state index in [-0.39, 0.29) is 11.9 Å². The molecule has 1 unspecified atom stereocenters. The Morgan fingerprint density at radius 3 is 2.71 bits per heavy atom. The van der Waals surface area contributed by atoms with Gasteiger partial charge in [-0.15, -0.1) is 0 Å². The van der Waals surface area contributed by atoms with E-state index < -0.39 is 0 Å². The lowest BCUT2D eigenvalue weighted by Crippen LogP contribution is -2.23. The largest absolute Gasteiger partial charge is 0.334 e. The molecule has 1 amide bonds. The molecule has 0 fully saturated rings. The van der Waals surface area contributed by atoms with Crippen LogP contribution in [0.5, 0.6) is 0 Å². The summed E-state index contributed by atoms with van der Waals surface area (Å²) in [5.74, 6) is 0.225. The van der Waals surface area contributed by atoms with Gasteiger partial charge in [-0.2, -0.15) is 0 Å². The van der Waals surface area contributed by atoms with Crippen LogP contribution in [-0.2, 0) is 17.9 Å². The van der Waals surface area contributed by atoms with E-state index in [1.165, 1.54) is 16.7 Å². The average Bonchev–Trinajstić information content (AvgIpc) is 2.79. The summed E-state index contributed by atoms with van der Waals surface area (Å²) in [6, 6.07) is 6.47. The van der Waals surface area contributed by atoms with Gasteiger partial charge in [-0.25, -0.2) is 0 Å². The fourth-order valence-corrected chi connectivity index (χ4v) is 2.28. The van der Waals surface area contributed by atoms with Crippen LogP contribution in [0.2, 0.25) is 0 Å². The summed E-state index contributed by atoms with van der Waals surface area (Å²) in [7, 11) is 0. The Labute approximate surface area is 103 Å². The topological polar surface area (TPSA) is 46.3 Å². The Hall–Kier alpha value is -1.35. The second-order valence-electron chi connectivity index (χ2n) is 4.65. The maximum absolute atomic E-state index is 11.7. The highest BCUT2D eigenvalue weighted by atomic mass is 16.2. The molecule has 0 saturated carbocycles. The molecule has 3 nitrogen and oxygen atoms in total. The quantitative estimate of drug-likeness (QED) is 0.869. The first-order valence-electron chi connectivity index (χ1n) is 6.30. The number of hydrogen-bond acceptors (Lipinski definition) is 2. The van der Waals surface area contributed by atoms with E-state index in [1.807, 2.05) is 11.8 Å². The van der Waals surface area contributed by atoms with Gasteiger partial charge in [0.25, 0.3) is 0 Å². The Morgan fingerprint density at radius 1 is 1.35 bits per heavy atom. The summed E-state index contributed by atoms with van der Waals surface area (Å²) >= 11 is 0. The molecule has 1 aliphatic heterocycles. The minimum atomic E-state index is 0.108. The third kappa shape index (κ3) is 2.34. The molecule has 2 N–H and O–H groups in total. The summed E-state index contributed by atoms with van der Waals surface area (Å²) in [5, 5.41) is 0. The molecule has 1 aliphatic rings. The Kier molecular flexibility index (Phi) is 3.48. The van der Waals surface area contributed by atoms with Gasteiger partial charge in [0.15, 0.2) is 0 Å². The third-order valence-corrected chi connectivity index (χ3v) is 3.48. The number of carbonyl (C=O) groups is 1. The smallest absolute Gasteiger partial charge is 0.222 e. The van der Waals surface area contributed by atoms with E-state index >= 15 is 0 Å². The predicted octanol–water partition coefficient (Wildman–Crippen LogP) is 2.35. The van der Waals surface area contributed by atoms with Crippen molar-refractivity contribution < 1.29 is 4.79 Å². The molecule has 3 heteroatoms. The number of fused-ring (bicyclic) bond motifs is 1. The van der Waals surface area contributed by atoms with Crippen LogP contribution in [0.3, 0.4) is 0 Å². The fourth-order valence-electron chi connectivity index (χ4n) is 2.28. The van der Waals surface area contributed by atoms with Gasteiger partial charge >= 0.3 is 0 Å². The molecular weight excluding hydrogens is 212 g/mol. The van der Waals surface area contributed by atoms with Gasteiger partial charge in [0.1, 0.15) is 0 Å². The highest BCUT2D eigenvalue weighted by molar-refractivity contribution is 5.76. The maximum atomic E-state index is 11.7. The minimum absolute atomic E-state index is 0.108. The predicted molar refractivity (Wildman–Crippen MR) is 68.2 cm³/mol. The van der Waals surface area contributed by atoms with Gasteiger partial charge in [-0.1, -0.05) is 32.0 Å². The molecule has 0 spiro atoms. The van der Waals surface area contributed by atoms with Crippen LogP contribution in [0.1, 0.15) is 49.4 Å². The number of nitrogens with two attached hydrogens (primary N) is 1. The lowest BCUT2D eigenvalue weighted by atomic mass is 10.0. The number of hydrogen-bond donors (Lipinski definition) is 1. The van der Waals surface area contributed by atoms with Gasteiger partial charge < -0.3 is 10.6 Å². The van der Waals surface area contributed by atoms with Crippen LogP contribution < -0.4 is 5.73 Å². The standard InChI is InChI=1S/C14H20N2O/c1-3-13(15)10-5-6-11-8-16(14(17)4-2)9-12(11)7-10/h5-7,13H,3-4,8-9,15H2,1-2H3. The zero-order valence-electron chi connectivity index (χ0n) is 10.6. The van der Waals surface area contributed by atoms with Gasteiger partial charge in [0.05, 0.1) is 0 Å². The van der Waals surface area contributed by atoms with Gasteiger partial charge in [-0.05, 0) is 23.1 Å². The maximum Gasteiger partial charge on any atom is 0.222 e. The number of carbonyl (C=O) groups excluding carboxylic acids is 1. The van der Waals surface area contributed by atoms with Crippen molar-refractivity contribution in [2.75, 3.05) is 0 Å².